The molecule has 1 aromatic carbocycles. The zero-order valence-electron chi connectivity index (χ0n) is 20.6. The van der Waals surface area contributed by atoms with Crippen molar-refractivity contribution in [1.29, 1.82) is 0 Å². The number of aliphatic hydroxyl groups excluding tert-OH is 2. The summed E-state index contributed by atoms with van der Waals surface area (Å²) in [6.45, 7) is 7.27. The first-order valence-corrected chi connectivity index (χ1v) is 12.1. The van der Waals surface area contributed by atoms with Crippen LogP contribution in [0.15, 0.2) is 23.2 Å². The van der Waals surface area contributed by atoms with Gasteiger partial charge in [0.2, 0.25) is 0 Å². The number of amidine groups is 1. The van der Waals surface area contributed by atoms with Crippen molar-refractivity contribution in [1.82, 2.24) is 10.2 Å². The van der Waals surface area contributed by atoms with Gasteiger partial charge < -0.3 is 30.9 Å². The van der Waals surface area contributed by atoms with Crippen molar-refractivity contribution < 1.29 is 24.5 Å². The smallest absolute Gasteiger partial charge is 0.345 e. The summed E-state index contributed by atoms with van der Waals surface area (Å²) in [6.07, 6.45) is 4.48. The van der Waals surface area contributed by atoms with Crippen molar-refractivity contribution >= 4 is 17.8 Å². The predicted molar refractivity (Wildman–Crippen MR) is 132 cm³/mol. The molecule has 0 saturated carbocycles. The lowest BCUT2D eigenvalue weighted by Crippen LogP contribution is -2.40. The van der Waals surface area contributed by atoms with Gasteiger partial charge in [0.25, 0.3) is 5.91 Å². The minimum Gasteiger partial charge on any atom is -0.494 e. The van der Waals surface area contributed by atoms with E-state index in [1.54, 1.807) is 17.0 Å². The van der Waals surface area contributed by atoms with Crippen molar-refractivity contribution in [3.63, 3.8) is 0 Å². The molecule has 0 atom stereocenters. The fourth-order valence-electron chi connectivity index (χ4n) is 4.03. The molecular formula is C25H40N4O5. The molecule has 1 aromatic rings. The standard InChI is InChI=1S/C25H40N4O5/c1-17(2)13-23(26)28-25(33)29-10-8-19(9-11-29)5-4-12-34-21-6-7-22(18(3)14-21)24(32)27-20(15-30)16-31/h6-7,14,17,19-20,30-31H,4-5,8-13,15-16H2,1-3H3,(H,27,32)(H2,26,28,33). The maximum Gasteiger partial charge on any atom is 0.345 e. The third-order valence-corrected chi connectivity index (χ3v) is 5.99. The van der Waals surface area contributed by atoms with Crippen molar-refractivity contribution in [2.24, 2.45) is 22.6 Å². The summed E-state index contributed by atoms with van der Waals surface area (Å²) in [5, 5.41) is 20.8. The minimum absolute atomic E-state index is 0.226. The van der Waals surface area contributed by atoms with Gasteiger partial charge in [-0.3, -0.25) is 4.79 Å². The van der Waals surface area contributed by atoms with Crippen molar-refractivity contribution in [2.75, 3.05) is 32.9 Å². The number of rotatable bonds is 11. The minimum atomic E-state index is -0.677. The van der Waals surface area contributed by atoms with Crippen molar-refractivity contribution in [3.8, 4) is 5.75 Å². The van der Waals surface area contributed by atoms with E-state index in [0.717, 1.165) is 31.2 Å². The summed E-state index contributed by atoms with van der Waals surface area (Å²) in [5.41, 5.74) is 7.10. The molecule has 1 fully saturated rings. The van der Waals surface area contributed by atoms with Crippen molar-refractivity contribution in [2.45, 2.75) is 58.9 Å². The van der Waals surface area contributed by atoms with Crippen molar-refractivity contribution in [3.05, 3.63) is 29.3 Å². The highest BCUT2D eigenvalue weighted by atomic mass is 16.5. The Labute approximate surface area is 202 Å². The molecule has 9 nitrogen and oxygen atoms in total. The molecule has 2 rings (SSSR count). The molecule has 0 spiro atoms. The van der Waals surface area contributed by atoms with Gasteiger partial charge in [-0.05, 0) is 68.2 Å². The Hall–Kier alpha value is -2.65. The van der Waals surface area contributed by atoms with Crippen LogP contribution in [0.1, 0.15) is 61.9 Å². The lowest BCUT2D eigenvalue weighted by molar-refractivity contribution is 0.0878. The highest BCUT2D eigenvalue weighted by Gasteiger charge is 2.22. The number of nitrogens with zero attached hydrogens (tertiary/aromatic N) is 2. The van der Waals surface area contributed by atoms with Gasteiger partial charge in [0, 0.05) is 25.1 Å². The quantitative estimate of drug-likeness (QED) is 0.220. The first-order chi connectivity index (χ1) is 16.2. The average molecular weight is 477 g/mol. The third-order valence-electron chi connectivity index (χ3n) is 5.99. The normalized spacial score (nSPS) is 15.1. The molecule has 1 aliphatic heterocycles. The average Bonchev–Trinajstić information content (AvgIpc) is 2.80. The van der Waals surface area contributed by atoms with E-state index in [4.69, 9.17) is 20.7 Å². The Balaban J connectivity index is 1.71. The Morgan fingerprint density at radius 3 is 2.50 bits per heavy atom. The molecule has 0 aliphatic carbocycles. The Bertz CT molecular complexity index is 831. The second-order valence-corrected chi connectivity index (χ2v) is 9.42. The van der Waals surface area contributed by atoms with Crippen LogP contribution >= 0.6 is 0 Å². The number of benzene rings is 1. The van der Waals surface area contributed by atoms with Gasteiger partial charge in [-0.15, -0.1) is 0 Å². The fraction of sp³-hybridized carbons (Fsp3) is 0.640. The van der Waals surface area contributed by atoms with E-state index in [2.05, 4.69) is 10.3 Å². The lowest BCUT2D eigenvalue weighted by atomic mass is 9.92. The molecule has 1 heterocycles. The molecule has 0 radical (unpaired) electrons. The van der Waals surface area contributed by atoms with Gasteiger partial charge in [0.1, 0.15) is 11.6 Å². The molecule has 34 heavy (non-hydrogen) atoms. The van der Waals surface area contributed by atoms with Crippen LogP contribution in [-0.4, -0.2) is 71.8 Å². The van der Waals surface area contributed by atoms with E-state index in [1.165, 1.54) is 0 Å². The number of nitrogens with one attached hydrogen (secondary N) is 1. The molecule has 0 unspecified atom stereocenters. The lowest BCUT2D eigenvalue weighted by Gasteiger charge is -2.30. The van der Waals surface area contributed by atoms with Crippen LogP contribution in [0, 0.1) is 18.8 Å². The van der Waals surface area contributed by atoms with E-state index in [0.29, 0.717) is 55.1 Å². The van der Waals surface area contributed by atoms with E-state index >= 15 is 0 Å². The molecule has 0 aromatic heterocycles. The van der Waals surface area contributed by atoms with Crippen LogP contribution in [0.25, 0.3) is 0 Å². The number of hydrogen-bond donors (Lipinski definition) is 4. The Morgan fingerprint density at radius 2 is 1.91 bits per heavy atom. The van der Waals surface area contributed by atoms with Gasteiger partial charge in [-0.2, -0.15) is 4.99 Å². The maximum absolute atomic E-state index is 12.3. The summed E-state index contributed by atoms with van der Waals surface area (Å²) >= 11 is 0. The highest BCUT2D eigenvalue weighted by Crippen LogP contribution is 2.23. The second-order valence-electron chi connectivity index (χ2n) is 9.42. The largest absolute Gasteiger partial charge is 0.494 e. The number of hydrogen-bond acceptors (Lipinski definition) is 5. The number of carbonyl (C=O) groups excluding carboxylic acids is 2. The zero-order valence-corrected chi connectivity index (χ0v) is 20.6. The number of likely N-dealkylation sites (tertiary alicyclic amines) is 1. The van der Waals surface area contributed by atoms with Gasteiger partial charge in [-0.1, -0.05) is 13.8 Å². The summed E-state index contributed by atoms with van der Waals surface area (Å²) in [7, 11) is 0. The number of ether oxygens (including phenoxy) is 1. The van der Waals surface area contributed by atoms with Crippen LogP contribution in [0.5, 0.6) is 5.75 Å². The van der Waals surface area contributed by atoms with Crippen LogP contribution < -0.4 is 15.8 Å². The molecule has 3 amide bonds. The number of aliphatic hydroxyl groups is 2. The first kappa shape index (κ1) is 27.6. The number of amides is 3. The van der Waals surface area contributed by atoms with E-state index in [-0.39, 0.29) is 25.2 Å². The van der Waals surface area contributed by atoms with E-state index in [1.807, 2.05) is 26.8 Å². The summed E-state index contributed by atoms with van der Waals surface area (Å²) < 4.78 is 5.86. The number of aliphatic imine (C=N–C) groups is 1. The van der Waals surface area contributed by atoms with Gasteiger partial charge in [-0.25, -0.2) is 4.79 Å². The summed E-state index contributed by atoms with van der Waals surface area (Å²) in [5.74, 6) is 1.70. The molecule has 190 valence electrons. The summed E-state index contributed by atoms with van der Waals surface area (Å²) in [6, 6.07) is 4.36. The monoisotopic (exact) mass is 476 g/mol. The molecule has 1 aliphatic rings. The molecule has 5 N–H and O–H groups in total. The number of urea groups is 1. The van der Waals surface area contributed by atoms with Gasteiger partial charge >= 0.3 is 6.03 Å². The zero-order chi connectivity index (χ0) is 25.1. The van der Waals surface area contributed by atoms with Crippen LogP contribution in [0.3, 0.4) is 0 Å². The van der Waals surface area contributed by atoms with Crippen LogP contribution in [0.4, 0.5) is 4.79 Å². The highest BCUT2D eigenvalue weighted by molar-refractivity contribution is 5.96. The second kappa shape index (κ2) is 13.9. The van der Waals surface area contributed by atoms with Gasteiger partial charge in [0.05, 0.1) is 25.9 Å². The molecule has 0 bridgehead atoms. The number of nitrogens with two attached hydrogens (primary N) is 1. The molecular weight excluding hydrogens is 436 g/mol. The maximum atomic E-state index is 12.3. The third kappa shape index (κ3) is 8.95. The van der Waals surface area contributed by atoms with E-state index < -0.39 is 6.04 Å². The number of aryl methyl sites for hydroxylation is 1. The van der Waals surface area contributed by atoms with Crippen LogP contribution in [0.2, 0.25) is 0 Å². The van der Waals surface area contributed by atoms with Gasteiger partial charge in [0.15, 0.2) is 0 Å². The number of carbonyl (C=O) groups is 2. The van der Waals surface area contributed by atoms with Crippen LogP contribution in [-0.2, 0) is 0 Å². The fourth-order valence-corrected chi connectivity index (χ4v) is 4.03. The number of piperidine rings is 1. The predicted octanol–water partition coefficient (Wildman–Crippen LogP) is 2.47. The molecule has 9 heteroatoms. The summed E-state index contributed by atoms with van der Waals surface area (Å²) in [4.78, 5) is 30.4. The Morgan fingerprint density at radius 1 is 1.24 bits per heavy atom. The molecule has 1 saturated heterocycles. The van der Waals surface area contributed by atoms with E-state index in [9.17, 15) is 9.59 Å². The Kier molecular flexibility index (Phi) is 11.3. The first-order valence-electron chi connectivity index (χ1n) is 12.1. The topological polar surface area (TPSA) is 137 Å². The SMILES string of the molecule is Cc1cc(OCCCC2CCN(C(=O)N=C(N)CC(C)C)CC2)ccc1C(=O)NC(CO)CO.